The van der Waals surface area contributed by atoms with E-state index in [1.165, 1.54) is 12.0 Å². The fourth-order valence-corrected chi connectivity index (χ4v) is 2.92. The molecule has 0 bridgehead atoms. The summed E-state index contributed by atoms with van der Waals surface area (Å²) in [4.78, 5) is 6.75. The number of hydrogen-bond donors (Lipinski definition) is 1. The van der Waals surface area contributed by atoms with Crippen LogP contribution in [0.2, 0.25) is 0 Å². The molecule has 2 rings (SSSR count). The second-order valence-corrected chi connectivity index (χ2v) is 6.48. The van der Waals surface area contributed by atoms with Crippen molar-refractivity contribution in [2.24, 2.45) is 5.92 Å². The van der Waals surface area contributed by atoms with Gasteiger partial charge in [-0.05, 0) is 37.5 Å². The lowest BCUT2D eigenvalue weighted by Gasteiger charge is -2.46. The smallest absolute Gasteiger partial charge is 0.0271 e. The maximum Gasteiger partial charge on any atom is 0.0271 e. The summed E-state index contributed by atoms with van der Waals surface area (Å²) in [6.45, 7) is 12.5. The van der Waals surface area contributed by atoms with Crippen LogP contribution >= 0.6 is 0 Å². The molecule has 1 aliphatic heterocycles. The van der Waals surface area contributed by atoms with Crippen LogP contribution in [0, 0.1) is 5.92 Å². The predicted octanol–water partition coefficient (Wildman–Crippen LogP) is 2.68. The van der Waals surface area contributed by atoms with Gasteiger partial charge in [-0.1, -0.05) is 20.3 Å². The van der Waals surface area contributed by atoms with E-state index in [9.17, 15) is 0 Å². The van der Waals surface area contributed by atoms with Gasteiger partial charge in [0.2, 0.25) is 0 Å². The first-order chi connectivity index (χ1) is 9.02. The predicted molar refractivity (Wildman–Crippen MR) is 80.0 cm³/mol. The summed E-state index contributed by atoms with van der Waals surface area (Å²) in [5, 5.41) is 3.69. The summed E-state index contributed by atoms with van der Waals surface area (Å²) >= 11 is 0. The van der Waals surface area contributed by atoms with Gasteiger partial charge < -0.3 is 5.32 Å². The summed E-state index contributed by atoms with van der Waals surface area (Å²) in [5.41, 5.74) is 1.57. The highest BCUT2D eigenvalue weighted by molar-refractivity contribution is 5.10. The van der Waals surface area contributed by atoms with Gasteiger partial charge in [-0.2, -0.15) is 0 Å². The molecular weight excluding hydrogens is 234 g/mol. The van der Waals surface area contributed by atoms with Gasteiger partial charge in [0.25, 0.3) is 0 Å². The van der Waals surface area contributed by atoms with Crippen LogP contribution < -0.4 is 5.32 Å². The highest BCUT2D eigenvalue weighted by Gasteiger charge is 2.34. The first-order valence-electron chi connectivity index (χ1n) is 7.40. The molecule has 0 amide bonds. The van der Waals surface area contributed by atoms with E-state index in [-0.39, 0.29) is 5.54 Å². The summed E-state index contributed by atoms with van der Waals surface area (Å²) in [6.07, 6.45) is 5.02. The lowest BCUT2D eigenvalue weighted by atomic mass is 9.90. The van der Waals surface area contributed by atoms with Crippen molar-refractivity contribution in [1.82, 2.24) is 15.2 Å². The van der Waals surface area contributed by atoms with E-state index in [1.54, 1.807) is 0 Å². The van der Waals surface area contributed by atoms with Crippen molar-refractivity contribution in [3.8, 4) is 0 Å². The molecule has 1 fully saturated rings. The molecule has 3 nitrogen and oxygen atoms in total. The van der Waals surface area contributed by atoms with Gasteiger partial charge in [0.05, 0.1) is 0 Å². The van der Waals surface area contributed by atoms with Crippen molar-refractivity contribution in [2.45, 2.75) is 52.2 Å². The molecule has 0 radical (unpaired) electrons. The minimum atomic E-state index is 0.205. The molecule has 1 N–H and O–H groups in total. The molecule has 2 unspecified atom stereocenters. The number of pyridine rings is 1. The van der Waals surface area contributed by atoms with Crippen LogP contribution in [0.3, 0.4) is 0 Å². The van der Waals surface area contributed by atoms with Crippen LogP contribution in [-0.2, 0) is 6.54 Å². The Balaban J connectivity index is 2.11. The van der Waals surface area contributed by atoms with Crippen LogP contribution in [0.25, 0.3) is 0 Å². The largest absolute Gasteiger partial charge is 0.309 e. The van der Waals surface area contributed by atoms with E-state index < -0.39 is 0 Å². The second-order valence-electron chi connectivity index (χ2n) is 6.48. The highest BCUT2D eigenvalue weighted by atomic mass is 15.2. The Morgan fingerprint density at radius 3 is 2.74 bits per heavy atom. The monoisotopic (exact) mass is 261 g/mol. The SMILES string of the molecule is CCC(C)C1CNC(C)(C)CN1Cc1ccncc1. The Hall–Kier alpha value is -0.930. The van der Waals surface area contributed by atoms with Gasteiger partial charge in [-0.3, -0.25) is 9.88 Å². The van der Waals surface area contributed by atoms with E-state index in [0.717, 1.165) is 25.6 Å². The van der Waals surface area contributed by atoms with Crippen LogP contribution in [0.5, 0.6) is 0 Å². The standard InChI is InChI=1S/C16H27N3/c1-5-13(2)15-10-18-16(3,4)12-19(15)11-14-6-8-17-9-7-14/h6-9,13,15,18H,5,10-12H2,1-4H3. The summed E-state index contributed by atoms with van der Waals surface area (Å²) < 4.78 is 0. The average molecular weight is 261 g/mol. The molecule has 2 atom stereocenters. The first kappa shape index (κ1) is 14.5. The fourth-order valence-electron chi connectivity index (χ4n) is 2.92. The number of rotatable bonds is 4. The molecule has 1 aromatic heterocycles. The van der Waals surface area contributed by atoms with Crippen molar-refractivity contribution >= 4 is 0 Å². The zero-order valence-corrected chi connectivity index (χ0v) is 12.7. The van der Waals surface area contributed by atoms with Gasteiger partial charge in [0, 0.05) is 43.6 Å². The molecule has 0 spiro atoms. The van der Waals surface area contributed by atoms with Gasteiger partial charge in [-0.25, -0.2) is 0 Å². The third-order valence-corrected chi connectivity index (χ3v) is 4.29. The van der Waals surface area contributed by atoms with Crippen LogP contribution in [0.4, 0.5) is 0 Å². The number of nitrogens with one attached hydrogen (secondary N) is 1. The fraction of sp³-hybridized carbons (Fsp3) is 0.688. The third-order valence-electron chi connectivity index (χ3n) is 4.29. The van der Waals surface area contributed by atoms with E-state index in [0.29, 0.717) is 6.04 Å². The Bertz CT molecular complexity index is 388. The number of piperazine rings is 1. The van der Waals surface area contributed by atoms with Crippen LogP contribution in [-0.4, -0.2) is 34.6 Å². The third kappa shape index (κ3) is 3.77. The Kier molecular flexibility index (Phi) is 4.58. The van der Waals surface area contributed by atoms with Gasteiger partial charge in [-0.15, -0.1) is 0 Å². The lowest BCUT2D eigenvalue weighted by Crippen LogP contribution is -2.62. The highest BCUT2D eigenvalue weighted by Crippen LogP contribution is 2.23. The summed E-state index contributed by atoms with van der Waals surface area (Å²) in [7, 11) is 0. The average Bonchev–Trinajstić information content (AvgIpc) is 2.38. The second kappa shape index (κ2) is 6.02. The molecule has 19 heavy (non-hydrogen) atoms. The zero-order valence-electron chi connectivity index (χ0n) is 12.7. The Labute approximate surface area is 117 Å². The van der Waals surface area contributed by atoms with Crippen molar-refractivity contribution in [2.75, 3.05) is 13.1 Å². The molecule has 1 saturated heterocycles. The number of aromatic nitrogens is 1. The quantitative estimate of drug-likeness (QED) is 0.903. The minimum Gasteiger partial charge on any atom is -0.309 e. The Morgan fingerprint density at radius 2 is 2.11 bits per heavy atom. The van der Waals surface area contributed by atoms with Crippen molar-refractivity contribution < 1.29 is 0 Å². The number of hydrogen-bond acceptors (Lipinski definition) is 3. The van der Waals surface area contributed by atoms with Gasteiger partial charge >= 0.3 is 0 Å². The molecule has 3 heteroatoms. The maximum absolute atomic E-state index is 4.11. The molecule has 2 heterocycles. The van der Waals surface area contributed by atoms with Crippen molar-refractivity contribution in [3.05, 3.63) is 30.1 Å². The van der Waals surface area contributed by atoms with E-state index in [2.05, 4.69) is 55.0 Å². The van der Waals surface area contributed by atoms with E-state index in [4.69, 9.17) is 0 Å². The van der Waals surface area contributed by atoms with Crippen molar-refractivity contribution in [1.29, 1.82) is 0 Å². The Morgan fingerprint density at radius 1 is 1.42 bits per heavy atom. The molecule has 0 aliphatic carbocycles. The first-order valence-corrected chi connectivity index (χ1v) is 7.40. The van der Waals surface area contributed by atoms with E-state index in [1.807, 2.05) is 12.4 Å². The van der Waals surface area contributed by atoms with Gasteiger partial charge in [0.1, 0.15) is 0 Å². The molecule has 1 aliphatic rings. The molecule has 0 saturated carbocycles. The molecule has 0 aromatic carbocycles. The zero-order chi connectivity index (χ0) is 13.9. The summed E-state index contributed by atoms with van der Waals surface area (Å²) in [6, 6.07) is 4.89. The molecule has 1 aromatic rings. The number of nitrogens with zero attached hydrogens (tertiary/aromatic N) is 2. The molecule has 106 valence electrons. The van der Waals surface area contributed by atoms with Gasteiger partial charge in [0.15, 0.2) is 0 Å². The lowest BCUT2D eigenvalue weighted by molar-refractivity contribution is 0.0571. The topological polar surface area (TPSA) is 28.2 Å². The van der Waals surface area contributed by atoms with Crippen LogP contribution in [0.15, 0.2) is 24.5 Å². The molecular formula is C16H27N3. The minimum absolute atomic E-state index is 0.205. The summed E-state index contributed by atoms with van der Waals surface area (Å²) in [5.74, 6) is 0.727. The van der Waals surface area contributed by atoms with E-state index >= 15 is 0 Å². The maximum atomic E-state index is 4.11. The van der Waals surface area contributed by atoms with Crippen LogP contribution in [0.1, 0.15) is 39.7 Å². The van der Waals surface area contributed by atoms with Crippen molar-refractivity contribution in [3.63, 3.8) is 0 Å². The normalized spacial score (nSPS) is 25.2.